The van der Waals surface area contributed by atoms with E-state index >= 15 is 0 Å². The maximum atomic E-state index is 3.74. The van der Waals surface area contributed by atoms with Crippen molar-refractivity contribution in [2.24, 2.45) is 0 Å². The number of hydrogen-bond donors (Lipinski definition) is 0. The zero-order chi connectivity index (χ0) is 19.4. The molecule has 0 spiro atoms. The van der Waals surface area contributed by atoms with Crippen molar-refractivity contribution < 1.29 is 0 Å². The van der Waals surface area contributed by atoms with Gasteiger partial charge in [-0.1, -0.05) is 107 Å². The normalized spacial score (nSPS) is 11.6. The Kier molecular flexibility index (Phi) is 3.72. The van der Waals surface area contributed by atoms with Gasteiger partial charge in [-0.25, -0.2) is 0 Å². The van der Waals surface area contributed by atoms with Gasteiger partial charge in [-0.2, -0.15) is 0 Å². The van der Waals surface area contributed by atoms with Crippen LogP contribution in [0, 0.1) is 0 Å². The van der Waals surface area contributed by atoms with Gasteiger partial charge in [-0.15, -0.1) is 0 Å². The van der Waals surface area contributed by atoms with E-state index in [0.29, 0.717) is 0 Å². The van der Waals surface area contributed by atoms with E-state index in [2.05, 4.69) is 119 Å². The number of fused-ring (bicyclic) bond motifs is 5. The predicted molar refractivity (Wildman–Crippen MR) is 130 cm³/mol. The highest BCUT2D eigenvalue weighted by Gasteiger charge is 2.14. The Balaban J connectivity index is 1.88. The minimum absolute atomic E-state index is 1.13. The van der Waals surface area contributed by atoms with Gasteiger partial charge in [0, 0.05) is 4.47 Å². The molecule has 0 nitrogen and oxygen atoms in total. The van der Waals surface area contributed by atoms with Gasteiger partial charge < -0.3 is 0 Å². The molecule has 6 rings (SSSR count). The SMILES string of the molecule is Brc1ccc(-c2c3ccccc3cc3c2ccc2ccccc23)c2ccccc12. The number of rotatable bonds is 1. The second-order valence-corrected chi connectivity index (χ2v) is 8.35. The van der Waals surface area contributed by atoms with E-state index in [1.54, 1.807) is 0 Å². The van der Waals surface area contributed by atoms with Crippen LogP contribution in [-0.4, -0.2) is 0 Å². The third kappa shape index (κ3) is 2.51. The van der Waals surface area contributed by atoms with Crippen LogP contribution in [0.15, 0.2) is 108 Å². The molecule has 0 radical (unpaired) electrons. The Bertz CT molecular complexity index is 1560. The number of halogens is 1. The summed E-state index contributed by atoms with van der Waals surface area (Å²) in [6.45, 7) is 0. The Hall–Kier alpha value is -3.16. The molecule has 0 heterocycles. The maximum absolute atomic E-state index is 3.74. The van der Waals surface area contributed by atoms with Gasteiger partial charge in [0.25, 0.3) is 0 Å². The Morgan fingerprint density at radius 1 is 0.414 bits per heavy atom. The molecule has 6 aromatic rings. The Morgan fingerprint density at radius 2 is 1.07 bits per heavy atom. The minimum atomic E-state index is 1.13. The molecule has 0 aromatic heterocycles. The van der Waals surface area contributed by atoms with Crippen LogP contribution in [0.1, 0.15) is 0 Å². The van der Waals surface area contributed by atoms with E-state index in [1.165, 1.54) is 54.2 Å². The average molecular weight is 433 g/mol. The molecule has 0 atom stereocenters. The molecule has 0 saturated carbocycles. The Morgan fingerprint density at radius 3 is 1.90 bits per heavy atom. The van der Waals surface area contributed by atoms with Gasteiger partial charge in [0.15, 0.2) is 0 Å². The molecule has 0 bridgehead atoms. The summed E-state index contributed by atoms with van der Waals surface area (Å²) in [5.41, 5.74) is 2.59. The second-order valence-electron chi connectivity index (χ2n) is 7.50. The molecule has 0 aliphatic heterocycles. The van der Waals surface area contributed by atoms with Gasteiger partial charge >= 0.3 is 0 Å². The van der Waals surface area contributed by atoms with Crippen LogP contribution in [0.4, 0.5) is 0 Å². The van der Waals surface area contributed by atoms with E-state index < -0.39 is 0 Å². The lowest BCUT2D eigenvalue weighted by atomic mass is 9.88. The zero-order valence-electron chi connectivity index (χ0n) is 15.7. The first-order chi connectivity index (χ1) is 14.3. The van der Waals surface area contributed by atoms with Crippen molar-refractivity contribution in [2.75, 3.05) is 0 Å². The predicted octanol–water partition coefficient (Wildman–Crippen LogP) is 8.73. The molecule has 6 aromatic carbocycles. The lowest BCUT2D eigenvalue weighted by Gasteiger charge is -2.16. The first-order valence-corrected chi connectivity index (χ1v) is 10.6. The molecule has 0 fully saturated rings. The van der Waals surface area contributed by atoms with Crippen molar-refractivity contribution in [2.45, 2.75) is 0 Å². The molecule has 0 amide bonds. The Labute approximate surface area is 177 Å². The van der Waals surface area contributed by atoms with Crippen LogP contribution >= 0.6 is 15.9 Å². The molecule has 0 aliphatic carbocycles. The summed E-state index contributed by atoms with van der Waals surface area (Å²) < 4.78 is 1.13. The summed E-state index contributed by atoms with van der Waals surface area (Å²) in [5.74, 6) is 0. The van der Waals surface area contributed by atoms with Crippen LogP contribution in [0.5, 0.6) is 0 Å². The van der Waals surface area contributed by atoms with Gasteiger partial charge in [0.1, 0.15) is 0 Å². The van der Waals surface area contributed by atoms with Crippen LogP contribution in [0.3, 0.4) is 0 Å². The highest BCUT2D eigenvalue weighted by atomic mass is 79.9. The molecule has 0 unspecified atom stereocenters. The van der Waals surface area contributed by atoms with Crippen LogP contribution in [0.2, 0.25) is 0 Å². The molecule has 136 valence electrons. The first kappa shape index (κ1) is 16.8. The monoisotopic (exact) mass is 432 g/mol. The summed E-state index contributed by atoms with van der Waals surface area (Å²) >= 11 is 3.74. The zero-order valence-corrected chi connectivity index (χ0v) is 17.3. The van der Waals surface area contributed by atoms with Gasteiger partial charge in [-0.3, -0.25) is 0 Å². The quantitative estimate of drug-likeness (QED) is 0.180. The first-order valence-electron chi connectivity index (χ1n) is 9.82. The highest BCUT2D eigenvalue weighted by Crippen LogP contribution is 2.42. The maximum Gasteiger partial charge on any atom is 0.0254 e. The van der Waals surface area contributed by atoms with Gasteiger partial charge in [-0.05, 0) is 66.3 Å². The summed E-state index contributed by atoms with van der Waals surface area (Å²) in [4.78, 5) is 0. The minimum Gasteiger partial charge on any atom is -0.0616 e. The summed E-state index contributed by atoms with van der Waals surface area (Å²) in [7, 11) is 0. The molecular formula is C28H17Br. The fraction of sp³-hybridized carbons (Fsp3) is 0. The average Bonchev–Trinajstić information content (AvgIpc) is 2.78. The highest BCUT2D eigenvalue weighted by molar-refractivity contribution is 9.10. The van der Waals surface area contributed by atoms with E-state index in [1.807, 2.05) is 0 Å². The van der Waals surface area contributed by atoms with E-state index in [0.717, 1.165) is 4.47 Å². The molecule has 0 saturated heterocycles. The smallest absolute Gasteiger partial charge is 0.0254 e. The third-order valence-electron chi connectivity index (χ3n) is 5.91. The van der Waals surface area contributed by atoms with Crippen LogP contribution in [0.25, 0.3) is 54.2 Å². The van der Waals surface area contributed by atoms with Crippen LogP contribution < -0.4 is 0 Å². The molecule has 0 aliphatic rings. The lowest BCUT2D eigenvalue weighted by Crippen LogP contribution is -1.89. The summed E-state index contributed by atoms with van der Waals surface area (Å²) in [6, 6.07) is 37.3. The van der Waals surface area contributed by atoms with Crippen molar-refractivity contribution in [1.82, 2.24) is 0 Å². The van der Waals surface area contributed by atoms with Gasteiger partial charge in [0.2, 0.25) is 0 Å². The summed E-state index contributed by atoms with van der Waals surface area (Å²) in [6.07, 6.45) is 0. The molecule has 29 heavy (non-hydrogen) atoms. The van der Waals surface area contributed by atoms with Crippen molar-refractivity contribution in [1.29, 1.82) is 0 Å². The second kappa shape index (κ2) is 6.43. The van der Waals surface area contributed by atoms with Crippen LogP contribution in [-0.2, 0) is 0 Å². The number of hydrogen-bond acceptors (Lipinski definition) is 0. The molecule has 0 N–H and O–H groups in total. The fourth-order valence-electron chi connectivity index (χ4n) is 4.59. The largest absolute Gasteiger partial charge is 0.0616 e. The molecular weight excluding hydrogens is 416 g/mol. The standard InChI is InChI=1S/C28H17Br/c29-27-16-15-24(22-11-5-6-12-23(22)27)28-21-10-4-2-8-19(21)17-26-20-9-3-1-7-18(20)13-14-25(26)28/h1-17H. The fourth-order valence-corrected chi connectivity index (χ4v) is 5.07. The van der Waals surface area contributed by atoms with Crippen molar-refractivity contribution in [3.8, 4) is 11.1 Å². The van der Waals surface area contributed by atoms with E-state index in [-0.39, 0.29) is 0 Å². The van der Waals surface area contributed by atoms with Crippen molar-refractivity contribution in [3.05, 3.63) is 108 Å². The number of benzene rings is 6. The summed E-state index contributed by atoms with van der Waals surface area (Å²) in [5, 5.41) is 10.3. The van der Waals surface area contributed by atoms with Gasteiger partial charge in [0.05, 0.1) is 0 Å². The van der Waals surface area contributed by atoms with E-state index in [9.17, 15) is 0 Å². The third-order valence-corrected chi connectivity index (χ3v) is 6.60. The van der Waals surface area contributed by atoms with Crippen molar-refractivity contribution in [3.63, 3.8) is 0 Å². The lowest BCUT2D eigenvalue weighted by molar-refractivity contribution is 1.68. The van der Waals surface area contributed by atoms with E-state index in [4.69, 9.17) is 0 Å². The topological polar surface area (TPSA) is 0 Å². The van der Waals surface area contributed by atoms with Crippen molar-refractivity contribution >= 4 is 59.0 Å². The molecule has 1 heteroatoms.